The predicted octanol–water partition coefficient (Wildman–Crippen LogP) is 1.78. The molecule has 0 aromatic carbocycles. The summed E-state index contributed by atoms with van der Waals surface area (Å²) in [6, 6.07) is 0. The molecule has 1 nitrogen and oxygen atoms in total. The molecule has 0 bridgehead atoms. The van der Waals surface area contributed by atoms with Crippen LogP contribution in [0.5, 0.6) is 0 Å². The Morgan fingerprint density at radius 1 is 1.60 bits per heavy atom. The van der Waals surface area contributed by atoms with Gasteiger partial charge in [0, 0.05) is 0 Å². The van der Waals surface area contributed by atoms with Gasteiger partial charge in [-0.2, -0.15) is 0 Å². The maximum absolute atomic E-state index is 2.12. The lowest BCUT2D eigenvalue weighted by molar-refractivity contribution is 1.10. The van der Waals surface area contributed by atoms with Crippen LogP contribution in [0.4, 0.5) is 0 Å². The minimum absolute atomic E-state index is 0. The second kappa shape index (κ2) is 9.03. The second-order valence-corrected chi connectivity index (χ2v) is 0.816. The van der Waals surface area contributed by atoms with Crippen molar-refractivity contribution in [1.29, 1.82) is 0 Å². The van der Waals surface area contributed by atoms with E-state index in [0.29, 0.717) is 0 Å². The third-order valence-electron chi connectivity index (χ3n) is 0.408. The third-order valence-corrected chi connectivity index (χ3v) is 0.408. The number of rotatable bonds is 1. The third kappa shape index (κ3) is 16.5. The van der Waals surface area contributed by atoms with Crippen molar-refractivity contribution in [2.24, 2.45) is 0 Å². The molecule has 1 heteroatoms. The molecule has 0 amide bonds. The van der Waals surface area contributed by atoms with Gasteiger partial charge >= 0.3 is 0 Å². The molecule has 0 aromatic heterocycles. The number of hydrogen-bond donors (Lipinski definition) is 1. The van der Waals surface area contributed by atoms with E-state index < -0.39 is 0 Å². The van der Waals surface area contributed by atoms with Crippen LogP contribution in [-0.2, 0) is 0 Å². The van der Waals surface area contributed by atoms with Crippen molar-refractivity contribution in [3.05, 3.63) is 6.42 Å². The van der Waals surface area contributed by atoms with Crippen LogP contribution in [0.3, 0.4) is 0 Å². The summed E-state index contributed by atoms with van der Waals surface area (Å²) >= 11 is 0. The van der Waals surface area contributed by atoms with E-state index in [1.165, 1.54) is 6.42 Å². The van der Waals surface area contributed by atoms with E-state index in [-0.39, 0.29) is 6.15 Å². The minimum Gasteiger partial charge on any atom is -0.344 e. The van der Waals surface area contributed by atoms with Gasteiger partial charge in [-0.25, -0.2) is 0 Å². The smallest absolute Gasteiger partial charge is 0.0420 e. The summed E-state index contributed by atoms with van der Waals surface area (Å²) in [5, 5.41) is 0. The summed E-state index contributed by atoms with van der Waals surface area (Å²) in [6.45, 7) is 4.18. The van der Waals surface area contributed by atoms with Crippen molar-refractivity contribution in [3.63, 3.8) is 0 Å². The van der Waals surface area contributed by atoms with Crippen molar-refractivity contribution in [1.82, 2.24) is 6.15 Å². The molecule has 0 saturated heterocycles. The van der Waals surface area contributed by atoms with Crippen LogP contribution in [-0.4, -0.2) is 0 Å². The Balaban J connectivity index is 0. The molecule has 0 atom stereocenters. The molecular formula is C4H12N. The standard InChI is InChI=1S/C4H9.H3N/c1-3-4-2;/h3H,4H2,1-2H3;1H3. The first-order valence-electron chi connectivity index (χ1n) is 1.69. The van der Waals surface area contributed by atoms with Gasteiger partial charge in [0.2, 0.25) is 0 Å². The van der Waals surface area contributed by atoms with Gasteiger partial charge < -0.3 is 6.15 Å². The molecule has 0 saturated carbocycles. The van der Waals surface area contributed by atoms with Crippen LogP contribution in [0.25, 0.3) is 0 Å². The minimum atomic E-state index is 0. The average molecular weight is 74.1 g/mol. The molecule has 0 fully saturated rings. The summed E-state index contributed by atoms with van der Waals surface area (Å²) in [6.07, 6.45) is 3.32. The van der Waals surface area contributed by atoms with E-state index in [0.717, 1.165) is 0 Å². The van der Waals surface area contributed by atoms with Crippen molar-refractivity contribution >= 4 is 0 Å². The summed E-state index contributed by atoms with van der Waals surface area (Å²) < 4.78 is 0. The van der Waals surface area contributed by atoms with Crippen molar-refractivity contribution in [2.45, 2.75) is 20.3 Å². The molecule has 0 heterocycles. The molecule has 1 radical (unpaired) electrons. The summed E-state index contributed by atoms with van der Waals surface area (Å²) in [5.41, 5.74) is 0. The molecule has 33 valence electrons. The molecule has 0 aliphatic carbocycles. The fraction of sp³-hybridized carbons (Fsp3) is 0.750. The molecular weight excluding hydrogens is 62.1 g/mol. The normalized spacial score (nSPS) is 6.00. The topological polar surface area (TPSA) is 35.0 Å². The van der Waals surface area contributed by atoms with E-state index in [9.17, 15) is 0 Å². The molecule has 0 aliphatic heterocycles. The van der Waals surface area contributed by atoms with Crippen LogP contribution in [0.1, 0.15) is 20.3 Å². The van der Waals surface area contributed by atoms with Gasteiger partial charge in [0.25, 0.3) is 0 Å². The molecule has 5 heavy (non-hydrogen) atoms. The maximum Gasteiger partial charge on any atom is -0.0420 e. The quantitative estimate of drug-likeness (QED) is 0.505. The van der Waals surface area contributed by atoms with E-state index >= 15 is 0 Å². The second-order valence-electron chi connectivity index (χ2n) is 0.816. The van der Waals surface area contributed by atoms with E-state index in [1.54, 1.807) is 0 Å². The summed E-state index contributed by atoms with van der Waals surface area (Å²) in [4.78, 5) is 0. The first kappa shape index (κ1) is 8.88. The zero-order chi connectivity index (χ0) is 3.41. The Hall–Kier alpha value is -0.0400. The van der Waals surface area contributed by atoms with Gasteiger partial charge in [-0.15, -0.1) is 0 Å². The number of hydrogen-bond acceptors (Lipinski definition) is 1. The van der Waals surface area contributed by atoms with Crippen molar-refractivity contribution in [3.8, 4) is 0 Å². The largest absolute Gasteiger partial charge is 0.344 e. The maximum atomic E-state index is 2.12. The van der Waals surface area contributed by atoms with Gasteiger partial charge in [0.05, 0.1) is 0 Å². The van der Waals surface area contributed by atoms with Crippen LogP contribution >= 0.6 is 0 Å². The molecule has 3 N–H and O–H groups in total. The van der Waals surface area contributed by atoms with Gasteiger partial charge in [0.1, 0.15) is 0 Å². The lowest BCUT2D eigenvalue weighted by Crippen LogP contribution is -1.50. The zero-order valence-electron chi connectivity index (χ0n) is 3.99. The number of unbranched alkanes of at least 4 members (excludes halogenated alkanes) is 1. The molecule has 0 aromatic rings. The Morgan fingerprint density at radius 3 is 1.80 bits per heavy atom. The fourth-order valence-corrected chi connectivity index (χ4v) is 0. The molecule has 0 aliphatic rings. The van der Waals surface area contributed by atoms with Crippen molar-refractivity contribution < 1.29 is 0 Å². The lowest BCUT2D eigenvalue weighted by atomic mass is 10.4. The first-order chi connectivity index (χ1) is 1.91. The Morgan fingerprint density at radius 2 is 1.80 bits per heavy atom. The monoisotopic (exact) mass is 74.1 g/mol. The van der Waals surface area contributed by atoms with Gasteiger partial charge in [-0.3, -0.25) is 0 Å². The van der Waals surface area contributed by atoms with E-state index in [4.69, 9.17) is 0 Å². The lowest BCUT2D eigenvalue weighted by Gasteiger charge is -1.67. The van der Waals surface area contributed by atoms with Gasteiger partial charge in [-0.05, 0) is 6.42 Å². The SMILES string of the molecule is C[CH]CC.N. The zero-order valence-corrected chi connectivity index (χ0v) is 3.99. The Bertz CT molecular complexity index is 5.61. The highest BCUT2D eigenvalue weighted by atomic mass is 14.0. The van der Waals surface area contributed by atoms with Gasteiger partial charge in [0.15, 0.2) is 0 Å². The van der Waals surface area contributed by atoms with Crippen LogP contribution in [0.2, 0.25) is 0 Å². The average Bonchev–Trinajstić information content (AvgIpc) is 1.37. The Kier molecular flexibility index (Phi) is 16.0. The van der Waals surface area contributed by atoms with E-state index in [2.05, 4.69) is 20.3 Å². The van der Waals surface area contributed by atoms with E-state index in [1.807, 2.05) is 0 Å². The molecule has 0 spiro atoms. The molecule has 0 rings (SSSR count). The summed E-state index contributed by atoms with van der Waals surface area (Å²) in [5.74, 6) is 0. The molecule has 0 unspecified atom stereocenters. The van der Waals surface area contributed by atoms with Crippen LogP contribution < -0.4 is 6.15 Å². The highest BCUT2D eigenvalue weighted by molar-refractivity contribution is 4.45. The first-order valence-corrected chi connectivity index (χ1v) is 1.69. The highest BCUT2D eigenvalue weighted by Gasteiger charge is 1.57. The van der Waals surface area contributed by atoms with Gasteiger partial charge in [-0.1, -0.05) is 20.3 Å². The van der Waals surface area contributed by atoms with Crippen molar-refractivity contribution in [2.75, 3.05) is 0 Å². The van der Waals surface area contributed by atoms with Crippen LogP contribution in [0, 0.1) is 6.42 Å². The fourth-order valence-electron chi connectivity index (χ4n) is 0. The highest BCUT2D eigenvalue weighted by Crippen LogP contribution is 1.74. The predicted molar refractivity (Wildman–Crippen MR) is 25.3 cm³/mol. The van der Waals surface area contributed by atoms with Crippen LogP contribution in [0.15, 0.2) is 0 Å². The summed E-state index contributed by atoms with van der Waals surface area (Å²) in [7, 11) is 0. The Labute approximate surface area is 34.0 Å².